The maximum absolute atomic E-state index is 11.8. The lowest BCUT2D eigenvalue weighted by Gasteiger charge is -2.08. The minimum atomic E-state index is 0. The van der Waals surface area contributed by atoms with Crippen LogP contribution in [0.3, 0.4) is 0 Å². The number of aryl methyl sites for hydroxylation is 1. The number of hydrogen-bond donors (Lipinski definition) is 2. The number of halogens is 1. The van der Waals surface area contributed by atoms with Gasteiger partial charge in [-0.3, -0.25) is 4.79 Å². The van der Waals surface area contributed by atoms with Crippen molar-refractivity contribution in [2.45, 2.75) is 26.2 Å². The van der Waals surface area contributed by atoms with Crippen molar-refractivity contribution in [1.82, 2.24) is 15.6 Å². The second-order valence-electron chi connectivity index (χ2n) is 5.69. The molecule has 3 rings (SSSR count). The van der Waals surface area contributed by atoms with Gasteiger partial charge in [-0.05, 0) is 44.0 Å². The fourth-order valence-corrected chi connectivity index (χ4v) is 2.77. The fourth-order valence-electron chi connectivity index (χ4n) is 2.77. The van der Waals surface area contributed by atoms with Gasteiger partial charge in [-0.15, -0.1) is 12.4 Å². The Hall–Kier alpha value is -1.59. The number of carbonyl (C=O) groups is 1. The molecule has 1 saturated heterocycles. The Morgan fingerprint density at radius 3 is 3.09 bits per heavy atom. The lowest BCUT2D eigenvalue weighted by atomic mass is 10.0. The molecule has 22 heavy (non-hydrogen) atoms. The molecule has 6 heteroatoms. The molecule has 120 valence electrons. The second kappa shape index (κ2) is 7.61. The van der Waals surface area contributed by atoms with E-state index in [0.29, 0.717) is 31.2 Å². The van der Waals surface area contributed by atoms with E-state index in [4.69, 9.17) is 4.42 Å². The van der Waals surface area contributed by atoms with Crippen molar-refractivity contribution in [2.75, 3.05) is 19.6 Å². The molecule has 0 saturated carbocycles. The van der Waals surface area contributed by atoms with E-state index in [1.807, 2.05) is 25.1 Å². The van der Waals surface area contributed by atoms with Crippen molar-refractivity contribution >= 4 is 29.4 Å². The molecule has 0 radical (unpaired) electrons. The van der Waals surface area contributed by atoms with Gasteiger partial charge in [-0.2, -0.15) is 0 Å². The molecule has 1 atom stereocenters. The smallest absolute Gasteiger partial charge is 0.220 e. The monoisotopic (exact) mass is 323 g/mol. The molecule has 1 aliphatic heterocycles. The highest BCUT2D eigenvalue weighted by atomic mass is 35.5. The van der Waals surface area contributed by atoms with Crippen molar-refractivity contribution in [3.8, 4) is 0 Å². The predicted octanol–water partition coefficient (Wildman–Crippen LogP) is 2.22. The van der Waals surface area contributed by atoms with E-state index >= 15 is 0 Å². The Morgan fingerprint density at radius 1 is 1.50 bits per heavy atom. The summed E-state index contributed by atoms with van der Waals surface area (Å²) in [5.74, 6) is 1.29. The number of nitrogens with one attached hydrogen (secondary N) is 2. The van der Waals surface area contributed by atoms with Gasteiger partial charge in [0, 0.05) is 19.4 Å². The van der Waals surface area contributed by atoms with E-state index < -0.39 is 0 Å². The van der Waals surface area contributed by atoms with Crippen LogP contribution in [-0.4, -0.2) is 30.5 Å². The molecule has 2 heterocycles. The Bertz CT molecular complexity index is 635. The van der Waals surface area contributed by atoms with Crippen molar-refractivity contribution in [3.05, 3.63) is 29.7 Å². The quantitative estimate of drug-likeness (QED) is 0.885. The van der Waals surface area contributed by atoms with Crippen LogP contribution in [0.2, 0.25) is 0 Å². The van der Waals surface area contributed by atoms with E-state index in [-0.39, 0.29) is 18.3 Å². The van der Waals surface area contributed by atoms with Gasteiger partial charge < -0.3 is 15.1 Å². The molecule has 1 aromatic heterocycles. The average molecular weight is 324 g/mol. The van der Waals surface area contributed by atoms with Gasteiger partial charge in [0.05, 0.1) is 0 Å². The van der Waals surface area contributed by atoms with Crippen molar-refractivity contribution in [2.24, 2.45) is 5.92 Å². The van der Waals surface area contributed by atoms with Crippen LogP contribution in [0.25, 0.3) is 11.1 Å². The summed E-state index contributed by atoms with van der Waals surface area (Å²) >= 11 is 0. The maximum Gasteiger partial charge on any atom is 0.220 e. The van der Waals surface area contributed by atoms with Gasteiger partial charge in [-0.1, -0.05) is 12.1 Å². The molecular weight excluding hydrogens is 302 g/mol. The van der Waals surface area contributed by atoms with E-state index in [9.17, 15) is 4.79 Å². The SMILES string of the molecule is Cc1cccc2oc(CCNC(=O)CC3CCNC3)nc12.Cl. The van der Waals surface area contributed by atoms with Crippen LogP contribution < -0.4 is 10.6 Å². The normalized spacial score (nSPS) is 17.4. The summed E-state index contributed by atoms with van der Waals surface area (Å²) in [5, 5.41) is 6.23. The average Bonchev–Trinajstić information content (AvgIpc) is 3.08. The Balaban J connectivity index is 0.00000176. The third-order valence-corrected chi connectivity index (χ3v) is 3.96. The Labute approximate surface area is 136 Å². The van der Waals surface area contributed by atoms with Crippen LogP contribution in [0.4, 0.5) is 0 Å². The van der Waals surface area contributed by atoms with Crippen molar-refractivity contribution in [1.29, 1.82) is 0 Å². The Morgan fingerprint density at radius 2 is 2.36 bits per heavy atom. The number of oxazole rings is 1. The highest BCUT2D eigenvalue weighted by molar-refractivity contribution is 5.85. The third kappa shape index (κ3) is 3.99. The molecule has 1 aromatic carbocycles. The first kappa shape index (κ1) is 16.8. The summed E-state index contributed by atoms with van der Waals surface area (Å²) in [6, 6.07) is 5.90. The number of hydrogen-bond acceptors (Lipinski definition) is 4. The first-order chi connectivity index (χ1) is 10.2. The number of rotatable bonds is 5. The molecule has 1 unspecified atom stereocenters. The van der Waals surface area contributed by atoms with E-state index in [1.165, 1.54) is 0 Å². The molecule has 0 bridgehead atoms. The molecular formula is C16H22ClN3O2. The number of fused-ring (bicyclic) bond motifs is 1. The molecule has 2 aromatic rings. The number of carbonyl (C=O) groups excluding carboxylic acids is 1. The largest absolute Gasteiger partial charge is 0.441 e. The van der Waals surface area contributed by atoms with E-state index in [0.717, 1.165) is 36.2 Å². The minimum absolute atomic E-state index is 0. The van der Waals surface area contributed by atoms with Crippen LogP contribution in [-0.2, 0) is 11.2 Å². The summed E-state index contributed by atoms with van der Waals surface area (Å²) in [7, 11) is 0. The zero-order valence-corrected chi connectivity index (χ0v) is 13.5. The van der Waals surface area contributed by atoms with Gasteiger partial charge in [0.2, 0.25) is 5.91 Å². The minimum Gasteiger partial charge on any atom is -0.441 e. The maximum atomic E-state index is 11.8. The molecule has 1 fully saturated rings. The van der Waals surface area contributed by atoms with Crippen LogP contribution >= 0.6 is 12.4 Å². The van der Waals surface area contributed by atoms with Gasteiger partial charge in [0.25, 0.3) is 0 Å². The number of amides is 1. The van der Waals surface area contributed by atoms with Crippen LogP contribution in [0.15, 0.2) is 22.6 Å². The van der Waals surface area contributed by atoms with E-state index in [2.05, 4.69) is 15.6 Å². The number of para-hydroxylation sites is 1. The van der Waals surface area contributed by atoms with Gasteiger partial charge >= 0.3 is 0 Å². The summed E-state index contributed by atoms with van der Waals surface area (Å²) < 4.78 is 5.69. The van der Waals surface area contributed by atoms with Crippen molar-refractivity contribution in [3.63, 3.8) is 0 Å². The molecule has 1 amide bonds. The van der Waals surface area contributed by atoms with Crippen LogP contribution in [0.1, 0.15) is 24.3 Å². The zero-order chi connectivity index (χ0) is 14.7. The highest BCUT2D eigenvalue weighted by Gasteiger charge is 2.17. The van der Waals surface area contributed by atoms with Gasteiger partial charge in [0.1, 0.15) is 5.52 Å². The summed E-state index contributed by atoms with van der Waals surface area (Å²) in [4.78, 5) is 16.3. The lowest BCUT2D eigenvalue weighted by molar-refractivity contribution is -0.121. The van der Waals surface area contributed by atoms with Gasteiger partial charge in [0.15, 0.2) is 11.5 Å². The number of aromatic nitrogens is 1. The topological polar surface area (TPSA) is 67.2 Å². The van der Waals surface area contributed by atoms with Gasteiger partial charge in [-0.25, -0.2) is 4.98 Å². The first-order valence-electron chi connectivity index (χ1n) is 7.55. The Kier molecular flexibility index (Phi) is 5.80. The summed E-state index contributed by atoms with van der Waals surface area (Å²) in [6.07, 6.45) is 2.33. The van der Waals surface area contributed by atoms with E-state index in [1.54, 1.807) is 0 Å². The van der Waals surface area contributed by atoms with Crippen LogP contribution in [0.5, 0.6) is 0 Å². The molecule has 0 aliphatic carbocycles. The number of nitrogens with zero attached hydrogens (tertiary/aromatic N) is 1. The number of benzene rings is 1. The standard InChI is InChI=1S/C16H21N3O2.ClH/c1-11-3-2-4-13-16(11)19-15(21-13)6-8-18-14(20)9-12-5-7-17-10-12;/h2-4,12,17H,5-10H2,1H3,(H,18,20);1H. The summed E-state index contributed by atoms with van der Waals surface area (Å²) in [5.41, 5.74) is 2.84. The van der Waals surface area contributed by atoms with Crippen LogP contribution in [0, 0.1) is 12.8 Å². The third-order valence-electron chi connectivity index (χ3n) is 3.96. The predicted molar refractivity (Wildman–Crippen MR) is 88.3 cm³/mol. The highest BCUT2D eigenvalue weighted by Crippen LogP contribution is 2.19. The molecule has 2 N–H and O–H groups in total. The molecule has 5 nitrogen and oxygen atoms in total. The fraction of sp³-hybridized carbons (Fsp3) is 0.500. The molecule has 1 aliphatic rings. The second-order valence-corrected chi connectivity index (χ2v) is 5.69. The molecule has 0 spiro atoms. The summed E-state index contributed by atoms with van der Waals surface area (Å²) in [6.45, 7) is 4.58. The van der Waals surface area contributed by atoms with Crippen molar-refractivity contribution < 1.29 is 9.21 Å². The first-order valence-corrected chi connectivity index (χ1v) is 7.55. The zero-order valence-electron chi connectivity index (χ0n) is 12.7. The lowest BCUT2D eigenvalue weighted by Crippen LogP contribution is -2.28.